The summed E-state index contributed by atoms with van der Waals surface area (Å²) in [5, 5.41) is 5.33. The third-order valence-electron chi connectivity index (χ3n) is 4.35. The van der Waals surface area contributed by atoms with E-state index in [-0.39, 0.29) is 6.10 Å². The molecule has 25 heavy (non-hydrogen) atoms. The lowest BCUT2D eigenvalue weighted by atomic mass is 10.1. The smallest absolute Gasteiger partial charge is 0.112 e. The van der Waals surface area contributed by atoms with Crippen molar-refractivity contribution < 1.29 is 4.74 Å². The molecule has 1 fully saturated rings. The number of ether oxygens (including phenoxy) is 1. The number of rotatable bonds is 4. The second kappa shape index (κ2) is 7.03. The molecule has 4 rings (SSSR count). The summed E-state index contributed by atoms with van der Waals surface area (Å²) in [5.74, 6) is 0. The van der Waals surface area contributed by atoms with Crippen molar-refractivity contribution in [1.29, 1.82) is 0 Å². The predicted octanol–water partition coefficient (Wildman–Crippen LogP) is 2.82. The van der Waals surface area contributed by atoms with Crippen molar-refractivity contribution >= 4 is 11.3 Å². The third-order valence-corrected chi connectivity index (χ3v) is 5.25. The molecule has 1 aliphatic heterocycles. The first-order valence-electron chi connectivity index (χ1n) is 8.37. The van der Waals surface area contributed by atoms with E-state index in [9.17, 15) is 0 Å². The number of pyridine rings is 1. The third kappa shape index (κ3) is 3.78. The number of nitrogens with zero attached hydrogens (tertiary/aromatic N) is 5. The second-order valence-electron chi connectivity index (χ2n) is 6.31. The monoisotopic (exact) mass is 355 g/mol. The molecule has 7 heteroatoms. The maximum absolute atomic E-state index is 5.95. The molecule has 0 N–H and O–H groups in total. The van der Waals surface area contributed by atoms with Gasteiger partial charge in [-0.3, -0.25) is 14.6 Å². The highest BCUT2D eigenvalue weighted by atomic mass is 32.1. The van der Waals surface area contributed by atoms with Gasteiger partial charge in [0.1, 0.15) is 6.10 Å². The molecule has 3 aromatic rings. The number of hydrogen-bond donors (Lipinski definition) is 0. The number of thiazole rings is 1. The van der Waals surface area contributed by atoms with Crippen molar-refractivity contribution in [3.63, 3.8) is 0 Å². The average Bonchev–Trinajstić information content (AvgIpc) is 3.24. The summed E-state index contributed by atoms with van der Waals surface area (Å²) in [6.07, 6.45) is 7.75. The van der Waals surface area contributed by atoms with E-state index in [0.29, 0.717) is 0 Å². The Morgan fingerprint density at radius 3 is 2.80 bits per heavy atom. The van der Waals surface area contributed by atoms with Gasteiger partial charge in [-0.05, 0) is 13.0 Å². The average molecular weight is 355 g/mol. The maximum Gasteiger partial charge on any atom is 0.112 e. The summed E-state index contributed by atoms with van der Waals surface area (Å²) in [7, 11) is 1.92. The molecule has 0 unspecified atom stereocenters. The van der Waals surface area contributed by atoms with E-state index in [1.165, 1.54) is 4.88 Å². The summed E-state index contributed by atoms with van der Waals surface area (Å²) in [6, 6.07) is 4.15. The van der Waals surface area contributed by atoms with E-state index < -0.39 is 0 Å². The lowest BCUT2D eigenvalue weighted by molar-refractivity contribution is -0.0346. The highest BCUT2D eigenvalue weighted by Gasteiger charge is 2.23. The van der Waals surface area contributed by atoms with Gasteiger partial charge in [-0.1, -0.05) is 6.07 Å². The van der Waals surface area contributed by atoms with Crippen LogP contribution in [0.3, 0.4) is 0 Å². The number of aromatic nitrogens is 4. The van der Waals surface area contributed by atoms with Crippen molar-refractivity contribution in [2.75, 3.05) is 19.7 Å². The number of aryl methyl sites for hydroxylation is 2. The maximum atomic E-state index is 5.95. The first-order chi connectivity index (χ1) is 12.2. The molecule has 130 valence electrons. The molecule has 0 spiro atoms. The number of hydrogen-bond acceptors (Lipinski definition) is 6. The zero-order chi connectivity index (χ0) is 17.2. The molecule has 1 saturated heterocycles. The van der Waals surface area contributed by atoms with Crippen LogP contribution in [0.25, 0.3) is 11.1 Å². The standard InChI is InChI=1S/C18H21N5OS/c1-13-19-9-16(25-13)11-23-5-6-24-18(12-23)17-4-3-14(7-20-17)15-8-21-22(2)10-15/h3-4,7-10,18H,5-6,11-12H2,1-2H3/t18-/m1/s1. The van der Waals surface area contributed by atoms with Crippen LogP contribution in [-0.2, 0) is 18.3 Å². The van der Waals surface area contributed by atoms with Crippen LogP contribution >= 0.6 is 11.3 Å². The minimum Gasteiger partial charge on any atom is -0.369 e. The molecule has 0 bridgehead atoms. The normalized spacial score (nSPS) is 18.6. The van der Waals surface area contributed by atoms with E-state index >= 15 is 0 Å². The Morgan fingerprint density at radius 2 is 2.12 bits per heavy atom. The van der Waals surface area contributed by atoms with E-state index in [0.717, 1.165) is 48.1 Å². The van der Waals surface area contributed by atoms with Crippen molar-refractivity contribution in [3.8, 4) is 11.1 Å². The molecular formula is C18H21N5OS. The molecular weight excluding hydrogens is 334 g/mol. The molecule has 4 heterocycles. The lowest BCUT2D eigenvalue weighted by Crippen LogP contribution is -2.37. The van der Waals surface area contributed by atoms with Crippen molar-refractivity contribution in [2.24, 2.45) is 7.05 Å². The Morgan fingerprint density at radius 1 is 1.20 bits per heavy atom. The zero-order valence-corrected chi connectivity index (χ0v) is 15.2. The Hall–Kier alpha value is -2.09. The molecule has 6 nitrogen and oxygen atoms in total. The molecule has 0 radical (unpaired) electrons. The summed E-state index contributed by atoms with van der Waals surface area (Å²) < 4.78 is 7.75. The quantitative estimate of drug-likeness (QED) is 0.720. The Labute approximate surface area is 151 Å². The predicted molar refractivity (Wildman–Crippen MR) is 97.3 cm³/mol. The van der Waals surface area contributed by atoms with Crippen molar-refractivity contribution in [1.82, 2.24) is 24.6 Å². The summed E-state index contributed by atoms with van der Waals surface area (Å²) in [5.41, 5.74) is 3.13. The van der Waals surface area contributed by atoms with Crippen LogP contribution in [0.4, 0.5) is 0 Å². The van der Waals surface area contributed by atoms with Gasteiger partial charge in [0.25, 0.3) is 0 Å². The first-order valence-corrected chi connectivity index (χ1v) is 9.19. The fraction of sp³-hybridized carbons (Fsp3) is 0.389. The fourth-order valence-electron chi connectivity index (χ4n) is 3.06. The highest BCUT2D eigenvalue weighted by Crippen LogP contribution is 2.25. The van der Waals surface area contributed by atoms with Gasteiger partial charge in [0.05, 0.1) is 23.5 Å². The molecule has 0 aromatic carbocycles. The molecule has 0 saturated carbocycles. The lowest BCUT2D eigenvalue weighted by Gasteiger charge is -2.32. The van der Waals surface area contributed by atoms with Crippen LogP contribution in [0.1, 0.15) is 21.7 Å². The van der Waals surface area contributed by atoms with Crippen LogP contribution in [0.15, 0.2) is 36.9 Å². The van der Waals surface area contributed by atoms with Gasteiger partial charge in [-0.15, -0.1) is 11.3 Å². The SMILES string of the molecule is Cc1ncc(CN2CCO[C@@H](c3ccc(-c4cnn(C)c4)cn3)C2)s1. The first kappa shape index (κ1) is 16.4. The van der Waals surface area contributed by atoms with Crippen LogP contribution in [0.2, 0.25) is 0 Å². The van der Waals surface area contributed by atoms with Crippen LogP contribution in [0, 0.1) is 6.92 Å². The molecule has 0 aliphatic carbocycles. The summed E-state index contributed by atoms with van der Waals surface area (Å²) in [4.78, 5) is 12.7. The molecule has 1 atom stereocenters. The Bertz CT molecular complexity index is 841. The second-order valence-corrected chi connectivity index (χ2v) is 7.63. The van der Waals surface area contributed by atoms with Crippen LogP contribution in [-0.4, -0.2) is 44.3 Å². The van der Waals surface area contributed by atoms with Gasteiger partial charge in [0.2, 0.25) is 0 Å². The van der Waals surface area contributed by atoms with Crippen LogP contribution in [0.5, 0.6) is 0 Å². The Balaban J connectivity index is 1.44. The van der Waals surface area contributed by atoms with E-state index in [1.807, 2.05) is 38.8 Å². The largest absolute Gasteiger partial charge is 0.369 e. The van der Waals surface area contributed by atoms with E-state index in [1.54, 1.807) is 16.0 Å². The summed E-state index contributed by atoms with van der Waals surface area (Å²) >= 11 is 1.76. The van der Waals surface area contributed by atoms with Crippen LogP contribution < -0.4 is 0 Å². The van der Waals surface area contributed by atoms with Gasteiger partial charge in [0, 0.05) is 61.3 Å². The zero-order valence-electron chi connectivity index (χ0n) is 14.4. The van der Waals surface area contributed by atoms with Gasteiger partial charge in [-0.2, -0.15) is 5.10 Å². The summed E-state index contributed by atoms with van der Waals surface area (Å²) in [6.45, 7) is 5.51. The topological polar surface area (TPSA) is 56.1 Å². The van der Waals surface area contributed by atoms with Crippen molar-refractivity contribution in [2.45, 2.75) is 19.6 Å². The molecule has 1 aliphatic rings. The van der Waals surface area contributed by atoms with E-state index in [4.69, 9.17) is 4.74 Å². The molecule has 3 aromatic heterocycles. The van der Waals surface area contributed by atoms with Gasteiger partial charge < -0.3 is 4.74 Å². The Kier molecular flexibility index (Phi) is 4.61. The fourth-order valence-corrected chi connectivity index (χ4v) is 3.90. The van der Waals surface area contributed by atoms with Gasteiger partial charge >= 0.3 is 0 Å². The minimum absolute atomic E-state index is 0.0192. The van der Waals surface area contributed by atoms with Gasteiger partial charge in [0.15, 0.2) is 0 Å². The molecule has 0 amide bonds. The highest BCUT2D eigenvalue weighted by molar-refractivity contribution is 7.11. The van der Waals surface area contributed by atoms with Crippen molar-refractivity contribution in [3.05, 3.63) is 52.5 Å². The minimum atomic E-state index is 0.0192. The number of morpholine rings is 1. The van der Waals surface area contributed by atoms with E-state index in [2.05, 4.69) is 32.1 Å². The van der Waals surface area contributed by atoms with Gasteiger partial charge in [-0.25, -0.2) is 4.98 Å².